The standard InChI is InChI=1S/C20H21ClN2O3S/c1-4-26-17-10-13(5-8-16(17)25-3)11-18-19(24)23-20(27-18)22-15-7-6-14(21)9-12(15)2/h5-11,20,22H,4H2,1-3H3,(H,23,24)/b18-11-. The topological polar surface area (TPSA) is 59.6 Å². The van der Waals surface area contributed by atoms with Crippen LogP contribution in [0.15, 0.2) is 41.3 Å². The number of rotatable bonds is 6. The van der Waals surface area contributed by atoms with E-state index in [0.717, 1.165) is 16.8 Å². The third kappa shape index (κ3) is 4.70. The van der Waals surface area contributed by atoms with Crippen LogP contribution in [-0.2, 0) is 4.79 Å². The Balaban J connectivity index is 1.76. The molecule has 1 unspecified atom stereocenters. The monoisotopic (exact) mass is 404 g/mol. The van der Waals surface area contributed by atoms with Crippen LogP contribution < -0.4 is 20.1 Å². The summed E-state index contributed by atoms with van der Waals surface area (Å²) < 4.78 is 10.9. The summed E-state index contributed by atoms with van der Waals surface area (Å²) in [6, 6.07) is 11.2. The summed E-state index contributed by atoms with van der Waals surface area (Å²) in [5.41, 5.74) is 2.58. The zero-order valence-electron chi connectivity index (χ0n) is 15.3. The van der Waals surface area contributed by atoms with Gasteiger partial charge in [0, 0.05) is 10.7 Å². The molecule has 1 amide bonds. The number of anilines is 1. The van der Waals surface area contributed by atoms with Gasteiger partial charge >= 0.3 is 0 Å². The Hall–Kier alpha value is -2.31. The minimum Gasteiger partial charge on any atom is -0.493 e. The lowest BCUT2D eigenvalue weighted by Gasteiger charge is -2.15. The number of hydrogen-bond donors (Lipinski definition) is 2. The maximum Gasteiger partial charge on any atom is 0.260 e. The zero-order chi connectivity index (χ0) is 19.4. The second-order valence-electron chi connectivity index (χ2n) is 5.93. The number of halogens is 1. The fourth-order valence-corrected chi connectivity index (χ4v) is 3.90. The summed E-state index contributed by atoms with van der Waals surface area (Å²) in [5.74, 6) is 1.21. The molecule has 0 bridgehead atoms. The van der Waals surface area contributed by atoms with Gasteiger partial charge in [0.2, 0.25) is 0 Å². The van der Waals surface area contributed by atoms with E-state index in [4.69, 9.17) is 21.1 Å². The zero-order valence-corrected chi connectivity index (χ0v) is 16.9. The van der Waals surface area contributed by atoms with Gasteiger partial charge in [-0.1, -0.05) is 29.4 Å². The quantitative estimate of drug-likeness (QED) is 0.686. The minimum atomic E-state index is -0.242. The van der Waals surface area contributed by atoms with Gasteiger partial charge in [0.15, 0.2) is 17.0 Å². The second-order valence-corrected chi connectivity index (χ2v) is 7.51. The highest BCUT2D eigenvalue weighted by atomic mass is 35.5. The number of ether oxygens (including phenoxy) is 2. The van der Waals surface area contributed by atoms with Crippen molar-refractivity contribution in [2.45, 2.75) is 19.3 Å². The van der Waals surface area contributed by atoms with Crippen molar-refractivity contribution in [2.75, 3.05) is 19.0 Å². The molecule has 1 aliphatic heterocycles. The van der Waals surface area contributed by atoms with Gasteiger partial charge < -0.3 is 20.1 Å². The third-order valence-corrected chi connectivity index (χ3v) is 5.25. The van der Waals surface area contributed by atoms with E-state index in [1.54, 1.807) is 7.11 Å². The van der Waals surface area contributed by atoms with Crippen LogP contribution in [-0.4, -0.2) is 25.1 Å². The lowest BCUT2D eigenvalue weighted by molar-refractivity contribution is -0.116. The van der Waals surface area contributed by atoms with Crippen LogP contribution in [0.5, 0.6) is 11.5 Å². The number of benzene rings is 2. The number of carbonyl (C=O) groups is 1. The molecule has 2 N–H and O–H groups in total. The van der Waals surface area contributed by atoms with E-state index in [0.29, 0.717) is 28.0 Å². The van der Waals surface area contributed by atoms with Crippen molar-refractivity contribution < 1.29 is 14.3 Å². The number of hydrogen-bond acceptors (Lipinski definition) is 5. The number of thioether (sulfide) groups is 1. The Morgan fingerprint density at radius 1 is 1.26 bits per heavy atom. The second kappa shape index (κ2) is 8.59. The molecule has 142 valence electrons. The number of amides is 1. The molecule has 27 heavy (non-hydrogen) atoms. The van der Waals surface area contributed by atoms with Gasteiger partial charge in [-0.15, -0.1) is 0 Å². The van der Waals surface area contributed by atoms with Crippen molar-refractivity contribution in [3.8, 4) is 11.5 Å². The highest BCUT2D eigenvalue weighted by Crippen LogP contribution is 2.34. The molecule has 7 heteroatoms. The Morgan fingerprint density at radius 3 is 2.78 bits per heavy atom. The first-order chi connectivity index (χ1) is 13.0. The van der Waals surface area contributed by atoms with Crippen LogP contribution >= 0.6 is 23.4 Å². The summed E-state index contributed by atoms with van der Waals surface area (Å²) >= 11 is 7.43. The van der Waals surface area contributed by atoms with E-state index in [1.807, 2.05) is 56.3 Å². The fraction of sp³-hybridized carbons (Fsp3) is 0.250. The minimum absolute atomic E-state index is 0.113. The predicted molar refractivity (Wildman–Crippen MR) is 111 cm³/mol. The van der Waals surface area contributed by atoms with E-state index >= 15 is 0 Å². The normalized spacial score (nSPS) is 17.7. The molecule has 5 nitrogen and oxygen atoms in total. The first-order valence-electron chi connectivity index (χ1n) is 8.53. The average Bonchev–Trinajstić information content (AvgIpc) is 2.97. The molecular weight excluding hydrogens is 384 g/mol. The summed E-state index contributed by atoms with van der Waals surface area (Å²) in [5, 5.41) is 6.94. The van der Waals surface area contributed by atoms with E-state index in [9.17, 15) is 4.79 Å². The molecule has 0 aliphatic carbocycles. The molecular formula is C20H21ClN2O3S. The van der Waals surface area contributed by atoms with Crippen molar-refractivity contribution in [3.05, 3.63) is 57.5 Å². The van der Waals surface area contributed by atoms with Gasteiger partial charge in [-0.25, -0.2) is 0 Å². The number of nitrogens with one attached hydrogen (secondary N) is 2. The Bertz CT molecular complexity index is 886. The van der Waals surface area contributed by atoms with Gasteiger partial charge in [0.05, 0.1) is 18.6 Å². The summed E-state index contributed by atoms with van der Waals surface area (Å²) in [6.07, 6.45) is 1.85. The fourth-order valence-electron chi connectivity index (χ4n) is 2.70. The number of aryl methyl sites for hydroxylation is 1. The summed E-state index contributed by atoms with van der Waals surface area (Å²) in [6.45, 7) is 4.43. The summed E-state index contributed by atoms with van der Waals surface area (Å²) in [7, 11) is 1.60. The third-order valence-electron chi connectivity index (χ3n) is 3.99. The maximum absolute atomic E-state index is 12.3. The van der Waals surface area contributed by atoms with Crippen LogP contribution in [0.3, 0.4) is 0 Å². The van der Waals surface area contributed by atoms with Gasteiger partial charge in [-0.2, -0.15) is 0 Å². The molecule has 1 fully saturated rings. The molecule has 1 atom stereocenters. The van der Waals surface area contributed by atoms with Crippen LogP contribution in [0, 0.1) is 6.92 Å². The molecule has 2 aromatic carbocycles. The first-order valence-corrected chi connectivity index (χ1v) is 9.78. The number of methoxy groups -OCH3 is 1. The molecule has 1 heterocycles. The van der Waals surface area contributed by atoms with E-state index in [-0.39, 0.29) is 11.4 Å². The lowest BCUT2D eigenvalue weighted by Crippen LogP contribution is -2.31. The largest absolute Gasteiger partial charge is 0.493 e. The summed E-state index contributed by atoms with van der Waals surface area (Å²) in [4.78, 5) is 13.0. The van der Waals surface area contributed by atoms with Crippen LogP contribution in [0.4, 0.5) is 5.69 Å². The van der Waals surface area contributed by atoms with Gasteiger partial charge in [0.1, 0.15) is 0 Å². The molecule has 1 saturated heterocycles. The Morgan fingerprint density at radius 2 is 2.07 bits per heavy atom. The van der Waals surface area contributed by atoms with Crippen molar-refractivity contribution in [1.82, 2.24) is 5.32 Å². The van der Waals surface area contributed by atoms with Crippen molar-refractivity contribution >= 4 is 41.0 Å². The van der Waals surface area contributed by atoms with Crippen LogP contribution in [0.1, 0.15) is 18.1 Å². The van der Waals surface area contributed by atoms with Crippen molar-refractivity contribution in [1.29, 1.82) is 0 Å². The van der Waals surface area contributed by atoms with Crippen molar-refractivity contribution in [2.24, 2.45) is 0 Å². The highest BCUT2D eigenvalue weighted by molar-refractivity contribution is 8.05. The molecule has 0 radical (unpaired) electrons. The first kappa shape index (κ1) is 19.5. The van der Waals surface area contributed by atoms with E-state index < -0.39 is 0 Å². The highest BCUT2D eigenvalue weighted by Gasteiger charge is 2.27. The average molecular weight is 405 g/mol. The van der Waals surface area contributed by atoms with Crippen LogP contribution in [0.2, 0.25) is 5.02 Å². The van der Waals surface area contributed by atoms with Gasteiger partial charge in [-0.3, -0.25) is 4.79 Å². The molecule has 1 aliphatic rings. The lowest BCUT2D eigenvalue weighted by atomic mass is 10.2. The molecule has 0 aromatic heterocycles. The maximum atomic E-state index is 12.3. The van der Waals surface area contributed by atoms with E-state index in [2.05, 4.69) is 10.6 Å². The van der Waals surface area contributed by atoms with Crippen molar-refractivity contribution in [3.63, 3.8) is 0 Å². The Kier molecular flexibility index (Phi) is 6.19. The molecule has 0 spiro atoms. The molecule has 3 rings (SSSR count). The number of carbonyl (C=O) groups excluding carboxylic acids is 1. The smallest absolute Gasteiger partial charge is 0.260 e. The van der Waals surface area contributed by atoms with Gasteiger partial charge in [-0.05, 0) is 61.4 Å². The SMILES string of the molecule is CCOc1cc(/C=C2\SC(Nc3ccc(Cl)cc3C)NC2=O)ccc1OC. The predicted octanol–water partition coefficient (Wildman–Crippen LogP) is 4.66. The molecule has 2 aromatic rings. The van der Waals surface area contributed by atoms with Crippen LogP contribution in [0.25, 0.3) is 6.08 Å². The van der Waals surface area contributed by atoms with E-state index in [1.165, 1.54) is 11.8 Å². The Labute approximate surface area is 168 Å². The van der Waals surface area contributed by atoms with Gasteiger partial charge in [0.25, 0.3) is 5.91 Å². The molecule has 0 saturated carbocycles.